The summed E-state index contributed by atoms with van der Waals surface area (Å²) in [5.41, 5.74) is 0.635. The van der Waals surface area contributed by atoms with Crippen molar-refractivity contribution < 1.29 is 18.6 Å². The van der Waals surface area contributed by atoms with E-state index >= 15 is 0 Å². The van der Waals surface area contributed by atoms with Crippen LogP contribution in [0.1, 0.15) is 30.1 Å². The van der Waals surface area contributed by atoms with Gasteiger partial charge in [-0.3, -0.25) is 14.3 Å². The molecular formula is C24H25N3O6S. The van der Waals surface area contributed by atoms with Crippen LogP contribution in [0.4, 0.5) is 0 Å². The summed E-state index contributed by atoms with van der Waals surface area (Å²) in [6, 6.07) is 7.62. The first kappa shape index (κ1) is 22.6. The molecule has 1 fully saturated rings. The molecule has 10 heteroatoms. The number of nitrogens with zero attached hydrogens (tertiary/aromatic N) is 2. The van der Waals surface area contributed by atoms with E-state index in [1.54, 1.807) is 17.9 Å². The molecule has 1 aromatic carbocycles. The Morgan fingerprint density at radius 2 is 2.06 bits per heavy atom. The van der Waals surface area contributed by atoms with Crippen molar-refractivity contribution in [1.82, 2.24) is 14.5 Å². The number of hydrogen-bond donors (Lipinski definition) is 1. The maximum absolute atomic E-state index is 13.0. The van der Waals surface area contributed by atoms with Crippen LogP contribution in [-0.2, 0) is 16.0 Å². The SMILES string of the molecule is COc1ccccc1C(Cn1c(=O)[nH]c(=O)c2c(C)c(-c3ncco3)sc21)OC1CCOCC1. The van der Waals surface area contributed by atoms with Gasteiger partial charge in [-0.05, 0) is 31.4 Å². The number of benzene rings is 1. The maximum atomic E-state index is 13.0. The van der Waals surface area contributed by atoms with E-state index in [4.69, 9.17) is 18.6 Å². The first-order chi connectivity index (χ1) is 16.6. The molecule has 0 radical (unpaired) electrons. The van der Waals surface area contributed by atoms with Gasteiger partial charge in [0.15, 0.2) is 0 Å². The first-order valence-corrected chi connectivity index (χ1v) is 11.9. The summed E-state index contributed by atoms with van der Waals surface area (Å²) < 4.78 is 24.6. The van der Waals surface area contributed by atoms with Crippen LogP contribution >= 0.6 is 11.3 Å². The van der Waals surface area contributed by atoms with E-state index in [9.17, 15) is 9.59 Å². The molecule has 5 rings (SSSR count). The number of nitrogens with one attached hydrogen (secondary N) is 1. The minimum atomic E-state index is -0.492. The molecule has 0 amide bonds. The lowest BCUT2D eigenvalue weighted by atomic mass is 10.1. The lowest BCUT2D eigenvalue weighted by Crippen LogP contribution is -2.33. The molecule has 9 nitrogen and oxygen atoms in total. The minimum absolute atomic E-state index is 0.00873. The Morgan fingerprint density at radius 1 is 1.26 bits per heavy atom. The molecular weight excluding hydrogens is 458 g/mol. The van der Waals surface area contributed by atoms with Crippen molar-refractivity contribution in [2.24, 2.45) is 0 Å². The normalized spacial score (nSPS) is 15.6. The molecule has 0 aliphatic carbocycles. The van der Waals surface area contributed by atoms with Crippen molar-refractivity contribution >= 4 is 21.6 Å². The van der Waals surface area contributed by atoms with Crippen LogP contribution in [0.2, 0.25) is 0 Å². The minimum Gasteiger partial charge on any atom is -0.496 e. The van der Waals surface area contributed by atoms with Crippen LogP contribution in [-0.4, -0.2) is 41.0 Å². The number of para-hydroxylation sites is 1. The van der Waals surface area contributed by atoms with Gasteiger partial charge in [0, 0.05) is 18.8 Å². The van der Waals surface area contributed by atoms with Crippen molar-refractivity contribution in [3.05, 3.63) is 68.7 Å². The van der Waals surface area contributed by atoms with Crippen molar-refractivity contribution in [2.75, 3.05) is 20.3 Å². The zero-order valence-electron chi connectivity index (χ0n) is 18.9. The average Bonchev–Trinajstić information content (AvgIpc) is 3.50. The number of oxazole rings is 1. The largest absolute Gasteiger partial charge is 0.496 e. The highest BCUT2D eigenvalue weighted by molar-refractivity contribution is 7.22. The third-order valence-electron chi connectivity index (χ3n) is 6.05. The molecule has 1 aliphatic heterocycles. The monoisotopic (exact) mass is 483 g/mol. The van der Waals surface area contributed by atoms with Crippen LogP contribution in [0.25, 0.3) is 21.0 Å². The van der Waals surface area contributed by atoms with Crippen molar-refractivity contribution in [3.8, 4) is 16.5 Å². The van der Waals surface area contributed by atoms with Crippen LogP contribution in [0, 0.1) is 6.92 Å². The van der Waals surface area contributed by atoms with Crippen molar-refractivity contribution in [2.45, 2.75) is 38.5 Å². The highest BCUT2D eigenvalue weighted by Gasteiger charge is 2.26. The zero-order valence-corrected chi connectivity index (χ0v) is 19.7. The van der Waals surface area contributed by atoms with Crippen molar-refractivity contribution in [3.63, 3.8) is 0 Å². The third kappa shape index (κ3) is 4.20. The molecule has 1 unspecified atom stereocenters. The summed E-state index contributed by atoms with van der Waals surface area (Å²) >= 11 is 1.31. The summed E-state index contributed by atoms with van der Waals surface area (Å²) in [5, 5.41) is 0.447. The van der Waals surface area contributed by atoms with Gasteiger partial charge in [0.2, 0.25) is 5.89 Å². The van der Waals surface area contributed by atoms with Crippen molar-refractivity contribution in [1.29, 1.82) is 0 Å². The molecule has 0 bridgehead atoms. The van der Waals surface area contributed by atoms with Gasteiger partial charge in [0.1, 0.15) is 22.9 Å². The number of aromatic amines is 1. The van der Waals surface area contributed by atoms with E-state index in [1.165, 1.54) is 17.6 Å². The predicted molar refractivity (Wildman–Crippen MR) is 128 cm³/mol. The molecule has 3 aromatic heterocycles. The summed E-state index contributed by atoms with van der Waals surface area (Å²) in [6.07, 6.45) is 4.10. The Hall–Kier alpha value is -3.21. The molecule has 1 aliphatic rings. The molecule has 0 saturated carbocycles. The zero-order chi connectivity index (χ0) is 23.7. The van der Waals surface area contributed by atoms with Gasteiger partial charge in [-0.25, -0.2) is 9.78 Å². The number of aryl methyl sites for hydroxylation is 1. The number of aromatic nitrogens is 3. The van der Waals surface area contributed by atoms with Crippen LogP contribution in [0.3, 0.4) is 0 Å². The lowest BCUT2D eigenvalue weighted by Gasteiger charge is -2.29. The van der Waals surface area contributed by atoms with Gasteiger partial charge in [0.05, 0.1) is 36.2 Å². The van der Waals surface area contributed by atoms with Gasteiger partial charge >= 0.3 is 5.69 Å². The Labute approximate surface area is 198 Å². The van der Waals surface area contributed by atoms with E-state index in [0.29, 0.717) is 39.9 Å². The standard InChI is InChI=1S/C24H25N3O6S/c1-14-19-21(28)26-24(29)27(23(19)34-20(14)22-25-9-12-32-22)13-18(33-15-7-10-31-11-8-15)16-5-3-4-6-17(16)30-2/h3-6,9,12,15,18H,7-8,10-11,13H2,1-2H3,(H,26,28,29). The fourth-order valence-electron chi connectivity index (χ4n) is 4.34. The predicted octanol–water partition coefficient (Wildman–Crippen LogP) is 3.66. The maximum Gasteiger partial charge on any atom is 0.329 e. The molecule has 4 aromatic rings. The fourth-order valence-corrected chi connectivity index (χ4v) is 5.59. The number of ether oxygens (including phenoxy) is 3. The Bertz CT molecular complexity index is 1400. The van der Waals surface area contributed by atoms with Crippen LogP contribution in [0.5, 0.6) is 5.75 Å². The number of methoxy groups -OCH3 is 1. The molecule has 178 valence electrons. The highest BCUT2D eigenvalue weighted by atomic mass is 32.1. The lowest BCUT2D eigenvalue weighted by molar-refractivity contribution is -0.0752. The number of thiophene rings is 1. The molecule has 34 heavy (non-hydrogen) atoms. The molecule has 0 spiro atoms. The second kappa shape index (κ2) is 9.57. The number of H-pyrrole nitrogens is 1. The first-order valence-electron chi connectivity index (χ1n) is 11.1. The summed E-state index contributed by atoms with van der Waals surface area (Å²) in [4.78, 5) is 33.8. The average molecular weight is 484 g/mol. The third-order valence-corrected chi connectivity index (χ3v) is 7.35. The summed E-state index contributed by atoms with van der Waals surface area (Å²) in [5.74, 6) is 1.09. The number of fused-ring (bicyclic) bond motifs is 1. The molecule has 1 N–H and O–H groups in total. The van der Waals surface area contributed by atoms with E-state index in [0.717, 1.165) is 24.0 Å². The second-order valence-electron chi connectivity index (χ2n) is 8.12. The van der Waals surface area contributed by atoms with Gasteiger partial charge in [0.25, 0.3) is 5.56 Å². The van der Waals surface area contributed by atoms with Gasteiger partial charge < -0.3 is 18.6 Å². The fraction of sp³-hybridized carbons (Fsp3) is 0.375. The quantitative estimate of drug-likeness (QED) is 0.427. The van der Waals surface area contributed by atoms with E-state index in [-0.39, 0.29) is 12.6 Å². The topological polar surface area (TPSA) is 109 Å². The van der Waals surface area contributed by atoms with Crippen LogP contribution < -0.4 is 16.0 Å². The van der Waals surface area contributed by atoms with Gasteiger partial charge in [-0.2, -0.15) is 0 Å². The molecule has 4 heterocycles. The van der Waals surface area contributed by atoms with Gasteiger partial charge in [-0.1, -0.05) is 18.2 Å². The second-order valence-corrected chi connectivity index (χ2v) is 9.12. The Balaban J connectivity index is 1.62. The van der Waals surface area contributed by atoms with E-state index in [2.05, 4.69) is 9.97 Å². The van der Waals surface area contributed by atoms with E-state index < -0.39 is 17.4 Å². The summed E-state index contributed by atoms with van der Waals surface area (Å²) in [7, 11) is 1.61. The number of hydrogen-bond acceptors (Lipinski definition) is 8. The molecule has 1 atom stereocenters. The van der Waals surface area contributed by atoms with Gasteiger partial charge in [-0.15, -0.1) is 11.3 Å². The highest BCUT2D eigenvalue weighted by Crippen LogP contribution is 2.37. The molecule has 1 saturated heterocycles. The van der Waals surface area contributed by atoms with E-state index in [1.807, 2.05) is 31.2 Å². The number of rotatable bonds is 7. The smallest absolute Gasteiger partial charge is 0.329 e. The Kier molecular flexibility index (Phi) is 6.36. The summed E-state index contributed by atoms with van der Waals surface area (Å²) in [6.45, 7) is 3.30. The Morgan fingerprint density at radius 3 is 2.79 bits per heavy atom. The van der Waals surface area contributed by atoms with Crippen LogP contribution in [0.15, 0.2) is 50.7 Å².